The van der Waals surface area contributed by atoms with Crippen LogP contribution in [-0.2, 0) is 4.79 Å². The molecule has 3 aromatic rings. The lowest BCUT2D eigenvalue weighted by atomic mass is 10.0. The smallest absolute Gasteiger partial charge is 0.247 e. The fourth-order valence-electron chi connectivity index (χ4n) is 3.24. The van der Waals surface area contributed by atoms with Crippen molar-refractivity contribution in [2.45, 2.75) is 32.2 Å². The number of aromatic nitrogens is 3. The second-order valence-corrected chi connectivity index (χ2v) is 7.70. The Kier molecular flexibility index (Phi) is 5.00. The van der Waals surface area contributed by atoms with Crippen LogP contribution < -0.4 is 9.64 Å². The molecule has 6 nitrogen and oxygen atoms in total. The minimum absolute atomic E-state index is 0.122. The summed E-state index contributed by atoms with van der Waals surface area (Å²) in [6, 6.07) is 15.6. The molecule has 142 valence electrons. The molecule has 0 N–H and O–H groups in total. The van der Waals surface area contributed by atoms with Crippen molar-refractivity contribution >= 4 is 23.4 Å². The second kappa shape index (κ2) is 7.59. The first-order valence-corrected chi connectivity index (χ1v) is 10.1. The largest absolute Gasteiger partial charge is 0.447 e. The zero-order valence-corrected chi connectivity index (χ0v) is 16.7. The van der Waals surface area contributed by atoms with E-state index in [0.717, 1.165) is 28.1 Å². The molecule has 1 aliphatic heterocycles. The zero-order chi connectivity index (χ0) is 19.7. The van der Waals surface area contributed by atoms with Gasteiger partial charge < -0.3 is 4.74 Å². The van der Waals surface area contributed by atoms with Crippen LogP contribution in [0, 0.1) is 6.92 Å². The average molecular weight is 392 g/mol. The molecule has 0 saturated carbocycles. The van der Waals surface area contributed by atoms with Crippen LogP contribution in [0.2, 0.25) is 0 Å². The van der Waals surface area contributed by atoms with E-state index in [4.69, 9.17) is 4.74 Å². The molecule has 1 aromatic heterocycles. The summed E-state index contributed by atoms with van der Waals surface area (Å²) in [7, 11) is 0. The van der Waals surface area contributed by atoms with Gasteiger partial charge >= 0.3 is 0 Å². The van der Waals surface area contributed by atoms with E-state index in [1.807, 2.05) is 62.4 Å². The molecule has 0 aliphatic carbocycles. The lowest BCUT2D eigenvalue weighted by Gasteiger charge is -2.30. The van der Waals surface area contributed by atoms with Gasteiger partial charge in [0.2, 0.25) is 23.2 Å². The van der Waals surface area contributed by atoms with Crippen LogP contribution in [0.1, 0.15) is 31.2 Å². The number of rotatable bonds is 3. The first-order valence-electron chi connectivity index (χ1n) is 9.08. The predicted molar refractivity (Wildman–Crippen MR) is 109 cm³/mol. The lowest BCUT2D eigenvalue weighted by molar-refractivity contribution is -0.118. The molecule has 2 aromatic carbocycles. The molecule has 0 saturated heterocycles. The van der Waals surface area contributed by atoms with E-state index in [2.05, 4.69) is 15.2 Å². The van der Waals surface area contributed by atoms with Gasteiger partial charge in [-0.3, -0.25) is 9.69 Å². The van der Waals surface area contributed by atoms with Gasteiger partial charge in [-0.1, -0.05) is 60.6 Å². The first kappa shape index (κ1) is 18.4. The normalized spacial score (nSPS) is 15.2. The van der Waals surface area contributed by atoms with Crippen molar-refractivity contribution < 1.29 is 9.53 Å². The molecule has 0 fully saturated rings. The van der Waals surface area contributed by atoms with Crippen molar-refractivity contribution in [1.29, 1.82) is 0 Å². The summed E-state index contributed by atoms with van der Waals surface area (Å²) in [5, 5.41) is 9.20. The molecular formula is C21H20N4O2S. The van der Waals surface area contributed by atoms with Gasteiger partial charge in [0.05, 0.1) is 5.69 Å². The summed E-state index contributed by atoms with van der Waals surface area (Å²) in [5.74, 6) is 1.09. The monoisotopic (exact) mass is 392 g/mol. The van der Waals surface area contributed by atoms with Crippen LogP contribution >= 0.6 is 11.8 Å². The van der Waals surface area contributed by atoms with Crippen LogP contribution in [0.4, 0.5) is 5.69 Å². The van der Waals surface area contributed by atoms with E-state index >= 15 is 0 Å². The van der Waals surface area contributed by atoms with E-state index in [-0.39, 0.29) is 5.91 Å². The zero-order valence-electron chi connectivity index (χ0n) is 15.9. The molecule has 2 heterocycles. The maximum Gasteiger partial charge on any atom is 0.247 e. The lowest BCUT2D eigenvalue weighted by Crippen LogP contribution is -2.36. The maximum absolute atomic E-state index is 12.7. The fraction of sp³-hybridized carbons (Fsp3) is 0.238. The third-order valence-electron chi connectivity index (χ3n) is 4.46. The van der Waals surface area contributed by atoms with Crippen molar-refractivity contribution in [3.8, 4) is 17.1 Å². The second-order valence-electron chi connectivity index (χ2n) is 6.47. The number of aryl methyl sites for hydroxylation is 1. The summed E-state index contributed by atoms with van der Waals surface area (Å²) in [6.07, 6.45) is -0.641. The number of benzene rings is 2. The molecule has 1 aliphatic rings. The Hall–Kier alpha value is -2.93. The Labute approximate surface area is 168 Å². The molecule has 7 heteroatoms. The summed E-state index contributed by atoms with van der Waals surface area (Å²) >= 11 is 1.50. The number of thioether (sulfide) groups is 1. The minimum atomic E-state index is -0.641. The molecule has 28 heavy (non-hydrogen) atoms. The minimum Gasteiger partial charge on any atom is -0.447 e. The van der Waals surface area contributed by atoms with E-state index in [0.29, 0.717) is 16.7 Å². The fourth-order valence-corrected chi connectivity index (χ4v) is 3.75. The van der Waals surface area contributed by atoms with Crippen LogP contribution in [0.5, 0.6) is 5.88 Å². The first-order chi connectivity index (χ1) is 13.6. The highest BCUT2D eigenvalue weighted by atomic mass is 32.2. The Morgan fingerprint density at radius 2 is 1.96 bits per heavy atom. The number of carbonyl (C=O) groups is 1. The van der Waals surface area contributed by atoms with E-state index < -0.39 is 6.23 Å². The van der Waals surface area contributed by atoms with Crippen molar-refractivity contribution in [2.24, 2.45) is 0 Å². The summed E-state index contributed by atoms with van der Waals surface area (Å²) in [5.41, 5.74) is 3.98. The number of carbonyl (C=O) groups excluding carboxylic acids is 1. The van der Waals surface area contributed by atoms with Crippen molar-refractivity contribution in [3.63, 3.8) is 0 Å². The van der Waals surface area contributed by atoms with Crippen LogP contribution in [-0.4, -0.2) is 26.8 Å². The molecule has 1 atom stereocenters. The number of hydrogen-bond donors (Lipinski definition) is 0. The van der Waals surface area contributed by atoms with Gasteiger partial charge in [0.1, 0.15) is 0 Å². The van der Waals surface area contributed by atoms with Crippen LogP contribution in [0.25, 0.3) is 11.3 Å². The van der Waals surface area contributed by atoms with Gasteiger partial charge in [0.25, 0.3) is 0 Å². The third-order valence-corrected chi connectivity index (χ3v) is 5.18. The molecule has 0 bridgehead atoms. The van der Waals surface area contributed by atoms with Gasteiger partial charge in [-0.15, -0.1) is 10.2 Å². The number of anilines is 1. The molecule has 0 unspecified atom stereocenters. The summed E-state index contributed by atoms with van der Waals surface area (Å²) < 4.78 is 6.30. The Bertz CT molecular complexity index is 1030. The van der Waals surface area contributed by atoms with Crippen molar-refractivity contribution in [3.05, 3.63) is 59.7 Å². The highest BCUT2D eigenvalue weighted by Crippen LogP contribution is 2.43. The van der Waals surface area contributed by atoms with Crippen molar-refractivity contribution in [2.75, 3.05) is 10.7 Å². The summed E-state index contributed by atoms with van der Waals surface area (Å²) in [4.78, 5) is 18.9. The average Bonchev–Trinajstić information content (AvgIpc) is 2.83. The van der Waals surface area contributed by atoms with Crippen LogP contribution in [0.3, 0.4) is 0 Å². The highest BCUT2D eigenvalue weighted by molar-refractivity contribution is 7.99. The van der Waals surface area contributed by atoms with Gasteiger partial charge in [-0.25, -0.2) is 0 Å². The van der Waals surface area contributed by atoms with Gasteiger partial charge in [0, 0.05) is 18.1 Å². The maximum atomic E-state index is 12.7. The van der Waals surface area contributed by atoms with Crippen molar-refractivity contribution in [1.82, 2.24) is 15.2 Å². The number of hydrogen-bond acceptors (Lipinski definition) is 6. The molecule has 1 amide bonds. The van der Waals surface area contributed by atoms with E-state index in [1.165, 1.54) is 18.7 Å². The number of fused-ring (bicyclic) bond motifs is 3. The highest BCUT2D eigenvalue weighted by Gasteiger charge is 2.34. The topological polar surface area (TPSA) is 68.2 Å². The van der Waals surface area contributed by atoms with E-state index in [1.54, 1.807) is 4.90 Å². The van der Waals surface area contributed by atoms with Gasteiger partial charge in [0.15, 0.2) is 5.69 Å². The molecular weight excluding hydrogens is 372 g/mol. The predicted octanol–water partition coefficient (Wildman–Crippen LogP) is 4.40. The molecule has 0 radical (unpaired) electrons. The third kappa shape index (κ3) is 3.33. The standard InChI is InChI=1S/C21H20N4O2S/c1-4-28-21-22-19-18(23-24-21)16-12-13(2)10-11-17(16)25(14(3)26)20(27-19)15-8-6-5-7-9-15/h5-12,20H,4H2,1-3H3/t20-/m1/s1. The molecule has 4 rings (SSSR count). The van der Waals surface area contributed by atoms with E-state index in [9.17, 15) is 4.79 Å². The SMILES string of the molecule is CCSc1nnc2c(n1)O[C@H](c1ccccc1)N(C(C)=O)c1ccc(C)cc1-2. The Morgan fingerprint density at radius 3 is 2.68 bits per heavy atom. The summed E-state index contributed by atoms with van der Waals surface area (Å²) in [6.45, 7) is 5.57. The number of ether oxygens (including phenoxy) is 1. The van der Waals surface area contributed by atoms with Gasteiger partial charge in [-0.2, -0.15) is 4.98 Å². The Balaban J connectivity index is 1.97. The number of amides is 1. The molecule has 0 spiro atoms. The van der Waals surface area contributed by atoms with Gasteiger partial charge in [-0.05, 0) is 24.8 Å². The Morgan fingerprint density at radius 1 is 1.18 bits per heavy atom. The quantitative estimate of drug-likeness (QED) is 0.615. The van der Waals surface area contributed by atoms with Crippen LogP contribution in [0.15, 0.2) is 53.7 Å². The number of nitrogens with zero attached hydrogens (tertiary/aromatic N) is 4.